The summed E-state index contributed by atoms with van der Waals surface area (Å²) in [6, 6.07) is 10.2. The minimum atomic E-state index is -0.610. The van der Waals surface area contributed by atoms with Gasteiger partial charge in [-0.15, -0.1) is 0 Å². The first-order chi connectivity index (χ1) is 11.0. The second kappa shape index (κ2) is 7.16. The van der Waals surface area contributed by atoms with E-state index >= 15 is 0 Å². The molecule has 0 amide bonds. The maximum absolute atomic E-state index is 11.6. The summed E-state index contributed by atoms with van der Waals surface area (Å²) in [6.45, 7) is 1.82. The van der Waals surface area contributed by atoms with Gasteiger partial charge in [-0.25, -0.2) is 4.79 Å². The highest BCUT2D eigenvalue weighted by molar-refractivity contribution is 5.97. The van der Waals surface area contributed by atoms with Crippen LogP contribution < -0.4 is 5.73 Å². The van der Waals surface area contributed by atoms with Crippen LogP contribution in [-0.2, 0) is 16.2 Å². The maximum atomic E-state index is 11.6. The van der Waals surface area contributed by atoms with Crippen LogP contribution in [0.3, 0.4) is 0 Å². The summed E-state index contributed by atoms with van der Waals surface area (Å²) in [4.78, 5) is 26.4. The van der Waals surface area contributed by atoms with Crippen molar-refractivity contribution in [1.82, 2.24) is 9.78 Å². The molecule has 0 fully saturated rings. The van der Waals surface area contributed by atoms with E-state index in [4.69, 9.17) is 10.6 Å². The van der Waals surface area contributed by atoms with Crippen molar-refractivity contribution >= 4 is 17.6 Å². The molecular weight excluding hydrogens is 302 g/mol. The number of rotatable bonds is 6. The van der Waals surface area contributed by atoms with Gasteiger partial charge >= 0.3 is 11.8 Å². The third-order valence-electron chi connectivity index (χ3n) is 3.00. The van der Waals surface area contributed by atoms with Crippen LogP contribution in [0.5, 0.6) is 0 Å². The molecule has 0 aliphatic heterocycles. The van der Waals surface area contributed by atoms with Crippen LogP contribution in [0.4, 0.5) is 5.82 Å². The minimum Gasteiger partial charge on any atom is -0.380 e. The van der Waals surface area contributed by atoms with Crippen LogP contribution in [0, 0.1) is 17.0 Å². The van der Waals surface area contributed by atoms with Crippen LogP contribution in [0.2, 0.25) is 0 Å². The molecular formula is C14H15N5O4. The van der Waals surface area contributed by atoms with Gasteiger partial charge in [-0.2, -0.15) is 4.68 Å². The van der Waals surface area contributed by atoms with Crippen LogP contribution in [0.15, 0.2) is 41.6 Å². The van der Waals surface area contributed by atoms with Gasteiger partial charge < -0.3 is 20.7 Å². The quantitative estimate of drug-likeness (QED) is 0.282. The number of carbonyl (C=O) groups excluding carboxylic acids is 1. The first-order valence-corrected chi connectivity index (χ1v) is 6.75. The van der Waals surface area contributed by atoms with Gasteiger partial charge in [-0.05, 0) is 11.8 Å². The van der Waals surface area contributed by atoms with E-state index in [9.17, 15) is 14.9 Å². The largest absolute Gasteiger partial charge is 0.390 e. The zero-order valence-electron chi connectivity index (χ0n) is 12.4. The molecule has 2 N–H and O–H groups in total. The monoisotopic (exact) mass is 317 g/mol. The highest BCUT2D eigenvalue weighted by Crippen LogP contribution is 2.11. The van der Waals surface area contributed by atoms with Gasteiger partial charge in [0.1, 0.15) is 0 Å². The van der Waals surface area contributed by atoms with E-state index in [1.54, 1.807) is 31.2 Å². The number of aryl methyl sites for hydroxylation is 2. The maximum Gasteiger partial charge on any atom is 0.390 e. The molecule has 0 bridgehead atoms. The van der Waals surface area contributed by atoms with E-state index in [1.807, 2.05) is 6.07 Å². The van der Waals surface area contributed by atoms with Gasteiger partial charge in [0.15, 0.2) is 5.84 Å². The molecule has 23 heavy (non-hydrogen) atoms. The molecule has 2 aromatic rings. The number of benzene rings is 1. The lowest BCUT2D eigenvalue weighted by Gasteiger charge is -2.01. The molecule has 0 aliphatic carbocycles. The number of hydrogen-bond donors (Lipinski definition) is 1. The van der Waals surface area contributed by atoms with E-state index in [0.717, 1.165) is 0 Å². The molecule has 0 radical (unpaired) electrons. The van der Waals surface area contributed by atoms with E-state index < -0.39 is 10.9 Å². The first kappa shape index (κ1) is 16.1. The van der Waals surface area contributed by atoms with Crippen molar-refractivity contribution in [3.8, 4) is 0 Å². The van der Waals surface area contributed by atoms with Crippen molar-refractivity contribution in [2.75, 3.05) is 0 Å². The predicted octanol–water partition coefficient (Wildman–Crippen LogP) is 1.35. The summed E-state index contributed by atoms with van der Waals surface area (Å²) in [7, 11) is 0. The molecule has 1 aromatic heterocycles. The predicted molar refractivity (Wildman–Crippen MR) is 81.5 cm³/mol. The number of nitrogens with two attached hydrogens (primary N) is 1. The lowest BCUT2D eigenvalue weighted by molar-refractivity contribution is -0.389. The summed E-state index contributed by atoms with van der Waals surface area (Å²) in [5, 5.41) is 18.0. The molecule has 0 unspecified atom stereocenters. The third kappa shape index (κ3) is 4.37. The highest BCUT2D eigenvalue weighted by Gasteiger charge is 2.16. The number of nitro groups is 1. The molecule has 0 saturated carbocycles. The van der Waals surface area contributed by atoms with Gasteiger partial charge in [0.05, 0.1) is 29.8 Å². The minimum absolute atomic E-state index is 0.0365. The average Bonchev–Trinajstić information content (AvgIpc) is 2.92. The molecule has 0 spiro atoms. The average molecular weight is 317 g/mol. The highest BCUT2D eigenvalue weighted by atomic mass is 16.7. The molecule has 9 nitrogen and oxygen atoms in total. The lowest BCUT2D eigenvalue weighted by atomic mass is 10.2. The van der Waals surface area contributed by atoms with Gasteiger partial charge in [0.25, 0.3) is 0 Å². The molecule has 120 valence electrons. The molecule has 1 heterocycles. The Balaban J connectivity index is 1.89. The van der Waals surface area contributed by atoms with Crippen molar-refractivity contribution in [3.05, 3.63) is 57.8 Å². The number of carbonyl (C=O) groups is 1. The Morgan fingerprint density at radius 1 is 1.43 bits per heavy atom. The SMILES string of the molecule is Cc1cc([N+](=O)[O-])nn1CCC(=O)O/N=C(\N)c1ccccc1. The van der Waals surface area contributed by atoms with E-state index in [1.165, 1.54) is 10.7 Å². The molecule has 2 rings (SSSR count). The lowest BCUT2D eigenvalue weighted by Crippen LogP contribution is -2.16. The van der Waals surface area contributed by atoms with Crippen LogP contribution in [-0.4, -0.2) is 26.5 Å². The molecule has 0 atom stereocenters. The van der Waals surface area contributed by atoms with Gasteiger partial charge in [0.2, 0.25) is 0 Å². The molecule has 9 heteroatoms. The van der Waals surface area contributed by atoms with Crippen molar-refractivity contribution in [2.45, 2.75) is 19.9 Å². The Morgan fingerprint density at radius 2 is 2.13 bits per heavy atom. The van der Waals surface area contributed by atoms with Gasteiger partial charge in [0, 0.05) is 5.56 Å². The molecule has 0 saturated heterocycles. The second-order valence-corrected chi connectivity index (χ2v) is 4.68. The van der Waals surface area contributed by atoms with E-state index in [2.05, 4.69) is 10.3 Å². The summed E-state index contributed by atoms with van der Waals surface area (Å²) in [6.07, 6.45) is -0.0365. The van der Waals surface area contributed by atoms with E-state index in [-0.39, 0.29) is 24.6 Å². The Hall–Kier alpha value is -3.23. The van der Waals surface area contributed by atoms with Crippen molar-refractivity contribution in [3.63, 3.8) is 0 Å². The normalized spacial score (nSPS) is 11.3. The van der Waals surface area contributed by atoms with Crippen molar-refractivity contribution < 1.29 is 14.6 Å². The number of oxime groups is 1. The zero-order chi connectivity index (χ0) is 16.8. The van der Waals surface area contributed by atoms with Gasteiger partial charge in [-0.3, -0.25) is 0 Å². The topological polar surface area (TPSA) is 126 Å². The standard InChI is InChI=1S/C14H15N5O4/c1-10-9-12(19(21)22)16-18(10)8-7-13(20)23-17-14(15)11-5-3-2-4-6-11/h2-6,9H,7-8H2,1H3,(H2,15,17). The Bertz CT molecular complexity index is 739. The zero-order valence-corrected chi connectivity index (χ0v) is 12.4. The Labute approximate surface area is 131 Å². The van der Waals surface area contributed by atoms with Crippen LogP contribution in [0.1, 0.15) is 17.7 Å². The third-order valence-corrected chi connectivity index (χ3v) is 3.00. The Morgan fingerprint density at radius 3 is 2.74 bits per heavy atom. The summed E-state index contributed by atoms with van der Waals surface area (Å²) in [5.41, 5.74) is 6.91. The fourth-order valence-corrected chi connectivity index (χ4v) is 1.81. The smallest absolute Gasteiger partial charge is 0.380 e. The number of nitrogens with zero attached hydrogens (tertiary/aromatic N) is 4. The van der Waals surface area contributed by atoms with Crippen molar-refractivity contribution in [2.24, 2.45) is 10.9 Å². The van der Waals surface area contributed by atoms with E-state index in [0.29, 0.717) is 11.3 Å². The van der Waals surface area contributed by atoms with Gasteiger partial charge in [-0.1, -0.05) is 35.5 Å². The number of aromatic nitrogens is 2. The number of hydrogen-bond acceptors (Lipinski definition) is 6. The number of amidine groups is 1. The van der Waals surface area contributed by atoms with Crippen molar-refractivity contribution in [1.29, 1.82) is 0 Å². The summed E-state index contributed by atoms with van der Waals surface area (Å²) < 4.78 is 1.36. The fraction of sp³-hybridized carbons (Fsp3) is 0.214. The van der Waals surface area contributed by atoms with Crippen LogP contribution in [0.25, 0.3) is 0 Å². The summed E-state index contributed by atoms with van der Waals surface area (Å²) in [5.74, 6) is -0.784. The molecule has 0 aliphatic rings. The second-order valence-electron chi connectivity index (χ2n) is 4.68. The Kier molecular flexibility index (Phi) is 5.03. The summed E-state index contributed by atoms with van der Waals surface area (Å²) >= 11 is 0. The van der Waals surface area contributed by atoms with Crippen LogP contribution >= 0.6 is 0 Å². The first-order valence-electron chi connectivity index (χ1n) is 6.75. The molecule has 1 aromatic carbocycles. The fourth-order valence-electron chi connectivity index (χ4n) is 1.81.